The highest BCUT2D eigenvalue weighted by molar-refractivity contribution is 6.01. The Bertz CT molecular complexity index is 1040. The van der Waals surface area contributed by atoms with Crippen LogP contribution in [0.3, 0.4) is 0 Å². The predicted molar refractivity (Wildman–Crippen MR) is 109 cm³/mol. The fourth-order valence-electron chi connectivity index (χ4n) is 2.63. The fraction of sp³-hybridized carbons (Fsp3) is 0.0833. The molecular weight excluding hydrogens is 367 g/mol. The largest absolute Gasteiger partial charge is 0.489 e. The summed E-state index contributed by atoms with van der Waals surface area (Å²) in [5.74, 6) is -0.180. The van der Waals surface area contributed by atoms with Crippen LogP contribution < -0.4 is 10.1 Å². The molecule has 0 fully saturated rings. The molecule has 0 atom stereocenters. The van der Waals surface area contributed by atoms with Gasteiger partial charge in [-0.2, -0.15) is 5.26 Å². The summed E-state index contributed by atoms with van der Waals surface area (Å²) in [4.78, 5) is 12.2. The third-order valence-corrected chi connectivity index (χ3v) is 4.20. The summed E-state index contributed by atoms with van der Waals surface area (Å²) in [7, 11) is 0. The van der Waals surface area contributed by atoms with E-state index in [4.69, 9.17) is 4.74 Å². The van der Waals surface area contributed by atoms with Gasteiger partial charge in [0, 0.05) is 12.1 Å². The lowest BCUT2D eigenvalue weighted by Crippen LogP contribution is -2.23. The topological polar surface area (TPSA) is 62.1 Å². The average molecular weight is 386 g/mol. The number of carbonyl (C=O) groups is 1. The van der Waals surface area contributed by atoms with Crippen LogP contribution in [0.4, 0.5) is 4.39 Å². The Morgan fingerprint density at radius 3 is 2.38 bits per heavy atom. The number of carbonyl (C=O) groups excluding carboxylic acids is 1. The van der Waals surface area contributed by atoms with Crippen molar-refractivity contribution in [3.05, 3.63) is 107 Å². The standard InChI is InChI=1S/C24H19FN2O2/c25-23-9-5-4-8-20(23)17-29-22-12-10-18(11-13-22)14-21(15-26)24(28)27-16-19-6-2-1-3-7-19/h1-14H,16-17H2,(H,27,28). The molecule has 0 aliphatic heterocycles. The van der Waals surface area contributed by atoms with Crippen molar-refractivity contribution in [1.29, 1.82) is 5.26 Å². The number of ether oxygens (including phenoxy) is 1. The third kappa shape index (κ3) is 5.78. The Morgan fingerprint density at radius 1 is 1.00 bits per heavy atom. The van der Waals surface area contributed by atoms with Crippen molar-refractivity contribution in [2.24, 2.45) is 0 Å². The van der Waals surface area contributed by atoms with Gasteiger partial charge in [-0.15, -0.1) is 0 Å². The molecule has 1 N–H and O–H groups in total. The van der Waals surface area contributed by atoms with Crippen LogP contribution in [0.25, 0.3) is 6.08 Å². The van der Waals surface area contributed by atoms with Crippen LogP contribution in [0.2, 0.25) is 0 Å². The molecule has 0 saturated heterocycles. The Hall–Kier alpha value is -3.91. The van der Waals surface area contributed by atoms with Crippen molar-refractivity contribution in [2.45, 2.75) is 13.2 Å². The van der Waals surface area contributed by atoms with E-state index in [1.165, 1.54) is 12.1 Å². The zero-order chi connectivity index (χ0) is 20.5. The van der Waals surface area contributed by atoms with E-state index in [0.717, 1.165) is 5.56 Å². The number of hydrogen-bond donors (Lipinski definition) is 1. The van der Waals surface area contributed by atoms with E-state index in [0.29, 0.717) is 23.4 Å². The number of benzene rings is 3. The number of halogens is 1. The molecule has 0 spiro atoms. The fourth-order valence-corrected chi connectivity index (χ4v) is 2.63. The van der Waals surface area contributed by atoms with Gasteiger partial charge in [-0.25, -0.2) is 4.39 Å². The normalized spacial score (nSPS) is 10.8. The molecule has 0 unspecified atom stereocenters. The van der Waals surface area contributed by atoms with Crippen molar-refractivity contribution in [2.75, 3.05) is 0 Å². The van der Waals surface area contributed by atoms with Crippen LogP contribution in [0, 0.1) is 17.1 Å². The summed E-state index contributed by atoms with van der Waals surface area (Å²) in [6, 6.07) is 24.7. The van der Waals surface area contributed by atoms with Gasteiger partial charge in [-0.1, -0.05) is 60.7 Å². The first-order valence-electron chi connectivity index (χ1n) is 9.06. The molecule has 0 heterocycles. The average Bonchev–Trinajstić information content (AvgIpc) is 2.77. The summed E-state index contributed by atoms with van der Waals surface area (Å²) >= 11 is 0. The minimum atomic E-state index is -0.434. The van der Waals surface area contributed by atoms with E-state index < -0.39 is 5.91 Å². The maximum atomic E-state index is 13.6. The molecule has 0 radical (unpaired) electrons. The first-order valence-corrected chi connectivity index (χ1v) is 9.06. The Labute approximate surface area is 168 Å². The second-order valence-electron chi connectivity index (χ2n) is 6.29. The summed E-state index contributed by atoms with van der Waals surface area (Å²) < 4.78 is 19.2. The number of hydrogen-bond acceptors (Lipinski definition) is 3. The van der Waals surface area contributed by atoms with Crippen LogP contribution in [0.1, 0.15) is 16.7 Å². The molecule has 4 nitrogen and oxygen atoms in total. The maximum Gasteiger partial charge on any atom is 0.262 e. The molecule has 0 aliphatic carbocycles. The summed E-state index contributed by atoms with van der Waals surface area (Å²) in [5, 5.41) is 12.0. The first-order chi connectivity index (χ1) is 14.2. The number of nitriles is 1. The SMILES string of the molecule is N#CC(=Cc1ccc(OCc2ccccc2F)cc1)C(=O)NCc1ccccc1. The first kappa shape index (κ1) is 19.8. The molecule has 0 saturated carbocycles. The highest BCUT2D eigenvalue weighted by atomic mass is 19.1. The van der Waals surface area contributed by atoms with Gasteiger partial charge in [0.15, 0.2) is 0 Å². The number of nitrogens with one attached hydrogen (secondary N) is 1. The molecule has 1 amide bonds. The Kier molecular flexibility index (Phi) is 6.75. The molecule has 144 valence electrons. The molecule has 0 aromatic heterocycles. The predicted octanol–water partition coefficient (Wildman–Crippen LogP) is 4.63. The van der Waals surface area contributed by atoms with Gasteiger partial charge < -0.3 is 10.1 Å². The number of rotatable bonds is 7. The molecule has 0 aliphatic rings. The summed E-state index contributed by atoms with van der Waals surface area (Å²) in [6.45, 7) is 0.467. The second-order valence-corrected chi connectivity index (χ2v) is 6.29. The molecule has 3 aromatic rings. The monoisotopic (exact) mass is 386 g/mol. The van der Waals surface area contributed by atoms with E-state index in [9.17, 15) is 14.4 Å². The van der Waals surface area contributed by atoms with Gasteiger partial charge in [0.05, 0.1) is 0 Å². The lowest BCUT2D eigenvalue weighted by molar-refractivity contribution is -0.117. The van der Waals surface area contributed by atoms with Gasteiger partial charge in [0.1, 0.15) is 29.8 Å². The molecule has 3 aromatic carbocycles. The maximum absolute atomic E-state index is 13.6. The number of nitrogens with zero attached hydrogens (tertiary/aromatic N) is 1. The van der Waals surface area contributed by atoms with Gasteiger partial charge in [-0.3, -0.25) is 4.79 Å². The zero-order valence-electron chi connectivity index (χ0n) is 15.6. The zero-order valence-corrected chi connectivity index (χ0v) is 15.6. The lowest BCUT2D eigenvalue weighted by atomic mass is 10.1. The van der Waals surface area contributed by atoms with Gasteiger partial charge in [-0.05, 0) is 35.4 Å². The highest BCUT2D eigenvalue weighted by Gasteiger charge is 2.09. The van der Waals surface area contributed by atoms with Crippen molar-refractivity contribution in [3.8, 4) is 11.8 Å². The van der Waals surface area contributed by atoms with Crippen LogP contribution in [0.5, 0.6) is 5.75 Å². The third-order valence-electron chi connectivity index (χ3n) is 4.20. The number of amides is 1. The van der Waals surface area contributed by atoms with Gasteiger partial charge >= 0.3 is 0 Å². The van der Waals surface area contributed by atoms with Crippen molar-refractivity contribution < 1.29 is 13.9 Å². The minimum Gasteiger partial charge on any atom is -0.489 e. The Morgan fingerprint density at radius 2 is 1.69 bits per heavy atom. The van der Waals surface area contributed by atoms with Crippen LogP contribution in [-0.2, 0) is 17.9 Å². The molecule has 3 rings (SSSR count). The van der Waals surface area contributed by atoms with E-state index in [1.807, 2.05) is 36.4 Å². The highest BCUT2D eigenvalue weighted by Crippen LogP contribution is 2.17. The van der Waals surface area contributed by atoms with Crippen LogP contribution >= 0.6 is 0 Å². The quantitative estimate of drug-likeness (QED) is 0.476. The van der Waals surface area contributed by atoms with E-state index >= 15 is 0 Å². The van der Waals surface area contributed by atoms with Crippen molar-refractivity contribution in [1.82, 2.24) is 5.32 Å². The van der Waals surface area contributed by atoms with E-state index in [1.54, 1.807) is 42.5 Å². The lowest BCUT2D eigenvalue weighted by Gasteiger charge is -2.07. The molecule has 29 heavy (non-hydrogen) atoms. The molecule has 0 bridgehead atoms. The second kappa shape index (κ2) is 9.86. The molecular formula is C24H19FN2O2. The van der Waals surface area contributed by atoms with Crippen LogP contribution in [-0.4, -0.2) is 5.91 Å². The van der Waals surface area contributed by atoms with Gasteiger partial charge in [0.2, 0.25) is 0 Å². The van der Waals surface area contributed by atoms with Crippen molar-refractivity contribution >= 4 is 12.0 Å². The minimum absolute atomic E-state index is 0.0148. The van der Waals surface area contributed by atoms with E-state index in [2.05, 4.69) is 5.32 Å². The van der Waals surface area contributed by atoms with E-state index in [-0.39, 0.29) is 18.0 Å². The van der Waals surface area contributed by atoms with Crippen LogP contribution in [0.15, 0.2) is 84.4 Å². The summed E-state index contributed by atoms with van der Waals surface area (Å²) in [6.07, 6.45) is 1.51. The van der Waals surface area contributed by atoms with Crippen molar-refractivity contribution in [3.63, 3.8) is 0 Å². The Balaban J connectivity index is 1.60. The summed E-state index contributed by atoms with van der Waals surface area (Å²) in [5.41, 5.74) is 2.13. The molecule has 5 heteroatoms. The smallest absolute Gasteiger partial charge is 0.262 e. The van der Waals surface area contributed by atoms with Gasteiger partial charge in [0.25, 0.3) is 5.91 Å².